The molecule has 2 aromatic rings. The van der Waals surface area contributed by atoms with E-state index in [1.165, 1.54) is 0 Å². The Labute approximate surface area is 138 Å². The van der Waals surface area contributed by atoms with Crippen molar-refractivity contribution in [2.75, 3.05) is 14.2 Å². The normalized spacial score (nSPS) is 10.5. The summed E-state index contributed by atoms with van der Waals surface area (Å²) in [5.41, 5.74) is 2.10. The molecule has 0 aliphatic carbocycles. The number of halogens is 2. The van der Waals surface area contributed by atoms with E-state index in [4.69, 9.17) is 21.1 Å². The molecule has 2 aromatic carbocycles. The predicted molar refractivity (Wildman–Crippen MR) is 89.2 cm³/mol. The highest BCUT2D eigenvalue weighted by Crippen LogP contribution is 2.37. The van der Waals surface area contributed by atoms with Gasteiger partial charge >= 0.3 is 0 Å². The predicted octanol–water partition coefficient (Wildman–Crippen LogP) is 4.41. The van der Waals surface area contributed by atoms with E-state index < -0.39 is 0 Å². The van der Waals surface area contributed by atoms with Crippen LogP contribution in [-0.2, 0) is 13.2 Å². The first-order valence-corrected chi connectivity index (χ1v) is 7.70. The first-order chi connectivity index (χ1) is 10.2. The van der Waals surface area contributed by atoms with Crippen LogP contribution in [0.25, 0.3) is 0 Å². The lowest BCUT2D eigenvalue weighted by Crippen LogP contribution is -2.06. The average molecular weight is 371 g/mol. The summed E-state index contributed by atoms with van der Waals surface area (Å²) in [5, 5.41) is 3.63. The molecular weight excluding hydrogens is 354 g/mol. The number of methoxy groups -OCH3 is 1. The molecule has 1 N–H and O–H groups in total. The summed E-state index contributed by atoms with van der Waals surface area (Å²) in [6.45, 7) is 1.14. The maximum atomic E-state index is 6.31. The molecule has 0 saturated carbocycles. The molecular formula is C16H17BrClNO2. The zero-order valence-corrected chi connectivity index (χ0v) is 14.3. The van der Waals surface area contributed by atoms with Crippen molar-refractivity contribution < 1.29 is 9.47 Å². The topological polar surface area (TPSA) is 30.5 Å². The fourth-order valence-electron chi connectivity index (χ4n) is 1.98. The van der Waals surface area contributed by atoms with Crippen molar-refractivity contribution in [1.82, 2.24) is 5.32 Å². The number of rotatable bonds is 6. The standard InChI is InChI=1S/C16H17BrClNO2/c1-19-9-11-7-14(18)16(15(8-11)20-2)21-10-12-5-3-4-6-13(12)17/h3-8,19H,9-10H2,1-2H3. The summed E-state index contributed by atoms with van der Waals surface area (Å²) >= 11 is 9.81. The van der Waals surface area contributed by atoms with Crippen LogP contribution in [-0.4, -0.2) is 14.2 Å². The Morgan fingerprint density at radius 3 is 2.67 bits per heavy atom. The zero-order valence-electron chi connectivity index (χ0n) is 12.0. The summed E-state index contributed by atoms with van der Waals surface area (Å²) in [6.07, 6.45) is 0. The van der Waals surface area contributed by atoms with Crippen molar-refractivity contribution >= 4 is 27.5 Å². The van der Waals surface area contributed by atoms with Gasteiger partial charge in [-0.3, -0.25) is 0 Å². The van der Waals surface area contributed by atoms with Crippen LogP contribution in [0.15, 0.2) is 40.9 Å². The second kappa shape index (κ2) is 7.69. The van der Waals surface area contributed by atoms with Gasteiger partial charge in [0.2, 0.25) is 0 Å². The lowest BCUT2D eigenvalue weighted by molar-refractivity contribution is 0.284. The first-order valence-electron chi connectivity index (χ1n) is 6.53. The lowest BCUT2D eigenvalue weighted by Gasteiger charge is -2.14. The van der Waals surface area contributed by atoms with E-state index in [2.05, 4.69) is 21.2 Å². The van der Waals surface area contributed by atoms with Crippen molar-refractivity contribution in [3.8, 4) is 11.5 Å². The van der Waals surface area contributed by atoms with Crippen LogP contribution in [0.3, 0.4) is 0 Å². The smallest absolute Gasteiger partial charge is 0.180 e. The van der Waals surface area contributed by atoms with Gasteiger partial charge in [-0.05, 0) is 30.8 Å². The molecule has 5 heteroatoms. The lowest BCUT2D eigenvalue weighted by atomic mass is 10.2. The number of hydrogen-bond acceptors (Lipinski definition) is 3. The molecule has 0 fully saturated rings. The minimum atomic E-state index is 0.420. The maximum absolute atomic E-state index is 6.31. The van der Waals surface area contributed by atoms with E-state index in [1.807, 2.05) is 43.4 Å². The monoisotopic (exact) mass is 369 g/mol. The average Bonchev–Trinajstić information content (AvgIpc) is 2.47. The summed E-state index contributed by atoms with van der Waals surface area (Å²) in [5.74, 6) is 1.20. The third kappa shape index (κ3) is 4.13. The van der Waals surface area contributed by atoms with Gasteiger partial charge in [-0.15, -0.1) is 0 Å². The third-order valence-corrected chi connectivity index (χ3v) is 4.05. The highest BCUT2D eigenvalue weighted by molar-refractivity contribution is 9.10. The van der Waals surface area contributed by atoms with Crippen LogP contribution >= 0.6 is 27.5 Å². The van der Waals surface area contributed by atoms with Gasteiger partial charge in [0.25, 0.3) is 0 Å². The number of benzene rings is 2. The molecule has 3 nitrogen and oxygen atoms in total. The minimum absolute atomic E-state index is 0.420. The Bertz CT molecular complexity index is 619. The molecule has 0 aliphatic rings. The fraction of sp³-hybridized carbons (Fsp3) is 0.250. The van der Waals surface area contributed by atoms with E-state index in [0.29, 0.717) is 23.1 Å². The van der Waals surface area contributed by atoms with E-state index in [0.717, 1.165) is 22.1 Å². The SMILES string of the molecule is CNCc1cc(Cl)c(OCc2ccccc2Br)c(OC)c1. The number of nitrogens with one attached hydrogen (secondary N) is 1. The van der Waals surface area contributed by atoms with Gasteiger partial charge in [0.05, 0.1) is 12.1 Å². The zero-order chi connectivity index (χ0) is 15.2. The van der Waals surface area contributed by atoms with Crippen LogP contribution in [0.5, 0.6) is 11.5 Å². The maximum Gasteiger partial charge on any atom is 0.180 e. The molecule has 0 heterocycles. The molecule has 0 saturated heterocycles. The second-order valence-corrected chi connectivity index (χ2v) is 5.78. The number of hydrogen-bond donors (Lipinski definition) is 1. The van der Waals surface area contributed by atoms with E-state index in [9.17, 15) is 0 Å². The molecule has 21 heavy (non-hydrogen) atoms. The highest BCUT2D eigenvalue weighted by atomic mass is 79.9. The van der Waals surface area contributed by atoms with Crippen LogP contribution in [0, 0.1) is 0 Å². The van der Waals surface area contributed by atoms with Crippen LogP contribution in [0.4, 0.5) is 0 Å². The largest absolute Gasteiger partial charge is 0.493 e. The molecule has 0 aromatic heterocycles. The molecule has 0 radical (unpaired) electrons. The van der Waals surface area contributed by atoms with Crippen molar-refractivity contribution in [1.29, 1.82) is 0 Å². The summed E-state index contributed by atoms with van der Waals surface area (Å²) < 4.78 is 12.2. The fourth-order valence-corrected chi connectivity index (χ4v) is 2.67. The van der Waals surface area contributed by atoms with Crippen molar-refractivity contribution in [2.24, 2.45) is 0 Å². The molecule has 0 unspecified atom stereocenters. The van der Waals surface area contributed by atoms with Gasteiger partial charge in [-0.25, -0.2) is 0 Å². The van der Waals surface area contributed by atoms with Crippen molar-refractivity contribution in [3.05, 3.63) is 57.0 Å². The molecule has 0 aliphatic heterocycles. The van der Waals surface area contributed by atoms with Crippen molar-refractivity contribution in [3.63, 3.8) is 0 Å². The Morgan fingerprint density at radius 1 is 1.24 bits per heavy atom. The van der Waals surface area contributed by atoms with Gasteiger partial charge in [0.1, 0.15) is 6.61 Å². The first kappa shape index (κ1) is 16.1. The Morgan fingerprint density at radius 2 is 2.00 bits per heavy atom. The van der Waals surface area contributed by atoms with Crippen LogP contribution < -0.4 is 14.8 Å². The second-order valence-electron chi connectivity index (χ2n) is 4.52. The molecule has 112 valence electrons. The molecule has 2 rings (SSSR count). The highest BCUT2D eigenvalue weighted by Gasteiger charge is 2.12. The minimum Gasteiger partial charge on any atom is -0.493 e. The van der Waals surface area contributed by atoms with Gasteiger partial charge in [0.15, 0.2) is 11.5 Å². The van der Waals surface area contributed by atoms with E-state index in [-0.39, 0.29) is 0 Å². The molecule has 0 bridgehead atoms. The third-order valence-electron chi connectivity index (χ3n) is 3.00. The number of ether oxygens (including phenoxy) is 2. The summed E-state index contributed by atoms with van der Waals surface area (Å²) in [4.78, 5) is 0. The van der Waals surface area contributed by atoms with Gasteiger partial charge < -0.3 is 14.8 Å². The Hall–Kier alpha value is -1.23. The summed E-state index contributed by atoms with van der Waals surface area (Å²) in [6, 6.07) is 11.7. The van der Waals surface area contributed by atoms with Gasteiger partial charge in [0, 0.05) is 16.6 Å². The van der Waals surface area contributed by atoms with Crippen molar-refractivity contribution in [2.45, 2.75) is 13.2 Å². The quantitative estimate of drug-likeness (QED) is 0.817. The molecule has 0 spiro atoms. The molecule has 0 amide bonds. The Balaban J connectivity index is 2.21. The Kier molecular flexibility index (Phi) is 5.91. The van der Waals surface area contributed by atoms with Gasteiger partial charge in [-0.1, -0.05) is 45.7 Å². The molecule has 0 atom stereocenters. The van der Waals surface area contributed by atoms with Crippen LogP contribution in [0.1, 0.15) is 11.1 Å². The van der Waals surface area contributed by atoms with Gasteiger partial charge in [-0.2, -0.15) is 0 Å². The summed E-state index contributed by atoms with van der Waals surface area (Å²) in [7, 11) is 3.50. The van der Waals surface area contributed by atoms with E-state index >= 15 is 0 Å². The van der Waals surface area contributed by atoms with Crippen LogP contribution in [0.2, 0.25) is 5.02 Å². The van der Waals surface area contributed by atoms with E-state index in [1.54, 1.807) is 7.11 Å².